The fourth-order valence-corrected chi connectivity index (χ4v) is 6.17. The number of amides is 2. The maximum Gasteiger partial charge on any atom is 0.270 e. The highest BCUT2D eigenvalue weighted by molar-refractivity contribution is 6.01. The lowest BCUT2D eigenvalue weighted by Gasteiger charge is -2.32. The third-order valence-electron chi connectivity index (χ3n) is 8.62. The van der Waals surface area contributed by atoms with Crippen LogP contribution in [0.3, 0.4) is 0 Å². The number of carbonyl (C=O) groups excluding carboxylic acids is 2. The van der Waals surface area contributed by atoms with Gasteiger partial charge in [-0.2, -0.15) is 0 Å². The first-order valence-electron chi connectivity index (χ1n) is 14.2. The summed E-state index contributed by atoms with van der Waals surface area (Å²) >= 11 is 0. The molecule has 0 bridgehead atoms. The molecule has 1 N–H and O–H groups in total. The third-order valence-corrected chi connectivity index (χ3v) is 8.62. The summed E-state index contributed by atoms with van der Waals surface area (Å²) in [6.45, 7) is 9.53. The number of aromatic nitrogens is 1. The predicted octanol–water partition coefficient (Wildman–Crippen LogP) is 5.89. The maximum atomic E-state index is 13.6. The monoisotopic (exact) mass is 560 g/mol. The van der Waals surface area contributed by atoms with Gasteiger partial charge in [0.05, 0.1) is 5.69 Å². The first-order valence-corrected chi connectivity index (χ1v) is 14.2. The molecule has 0 aliphatic carbocycles. The first-order chi connectivity index (χ1) is 19.6. The third kappa shape index (κ3) is 5.43. The second-order valence-corrected chi connectivity index (χ2v) is 11.5. The molecule has 2 saturated heterocycles. The van der Waals surface area contributed by atoms with Crippen molar-refractivity contribution in [3.8, 4) is 11.5 Å². The Morgan fingerprint density at radius 1 is 1.10 bits per heavy atom. The average molecular weight is 561 g/mol. The van der Waals surface area contributed by atoms with Crippen molar-refractivity contribution >= 4 is 11.8 Å². The number of benzene rings is 2. The molecule has 9 heteroatoms. The Morgan fingerprint density at radius 2 is 1.83 bits per heavy atom. The number of aryl methyl sites for hydroxylation is 1. The molecule has 2 aromatic carbocycles. The van der Waals surface area contributed by atoms with Gasteiger partial charge in [0.1, 0.15) is 11.8 Å². The van der Waals surface area contributed by atoms with Crippen LogP contribution in [0.5, 0.6) is 0 Å². The Hall–Kier alpha value is -3.85. The molecule has 3 aliphatic heterocycles. The van der Waals surface area contributed by atoms with Crippen LogP contribution in [0, 0.1) is 6.92 Å². The molecule has 6 rings (SSSR count). The van der Waals surface area contributed by atoms with Gasteiger partial charge in [0.2, 0.25) is 11.8 Å². The van der Waals surface area contributed by atoms with E-state index in [2.05, 4.69) is 33.9 Å². The predicted molar refractivity (Wildman–Crippen MR) is 150 cm³/mol. The molecule has 4 heterocycles. The normalized spacial score (nSPS) is 20.4. The van der Waals surface area contributed by atoms with Crippen molar-refractivity contribution < 1.29 is 22.8 Å². The lowest BCUT2D eigenvalue weighted by Crippen LogP contribution is -2.49. The number of rotatable bonds is 6. The van der Waals surface area contributed by atoms with E-state index in [1.54, 1.807) is 17.0 Å². The lowest BCUT2D eigenvalue weighted by atomic mass is 9.88. The molecule has 2 fully saturated rings. The van der Waals surface area contributed by atoms with Crippen LogP contribution in [0.1, 0.15) is 77.0 Å². The smallest absolute Gasteiger partial charge is 0.270 e. The SMILES string of the molecule is C=C1CCC(N2Cc3cc(C4CCN(Cc5nc(-c6ccc(C(C)(F)F)cc6)oc5C)CC4)ccc3C2=O)C(=O)N1. The van der Waals surface area contributed by atoms with E-state index in [1.807, 2.05) is 13.0 Å². The Balaban J connectivity index is 1.07. The highest BCUT2D eigenvalue weighted by Crippen LogP contribution is 2.35. The highest BCUT2D eigenvalue weighted by atomic mass is 19.3. The Bertz CT molecular complexity index is 1500. The summed E-state index contributed by atoms with van der Waals surface area (Å²) in [5.41, 5.74) is 5.12. The van der Waals surface area contributed by atoms with Crippen molar-refractivity contribution in [1.29, 1.82) is 0 Å². The Kier molecular flexibility index (Phi) is 7.01. The summed E-state index contributed by atoms with van der Waals surface area (Å²) in [5.74, 6) is -1.54. The molecule has 2 amide bonds. The van der Waals surface area contributed by atoms with Gasteiger partial charge in [-0.25, -0.2) is 13.8 Å². The maximum absolute atomic E-state index is 13.6. The van der Waals surface area contributed by atoms with Gasteiger partial charge in [0.25, 0.3) is 11.8 Å². The quantitative estimate of drug-likeness (QED) is 0.407. The number of hydrogen-bond acceptors (Lipinski definition) is 5. The van der Waals surface area contributed by atoms with E-state index in [0.717, 1.165) is 49.9 Å². The molecule has 0 radical (unpaired) electrons. The zero-order valence-electron chi connectivity index (χ0n) is 23.4. The Morgan fingerprint density at radius 3 is 2.51 bits per heavy atom. The van der Waals surface area contributed by atoms with Crippen LogP contribution in [0.25, 0.3) is 11.5 Å². The number of nitrogens with zero attached hydrogens (tertiary/aromatic N) is 3. The van der Waals surface area contributed by atoms with E-state index in [-0.39, 0.29) is 17.4 Å². The van der Waals surface area contributed by atoms with Crippen LogP contribution in [0.4, 0.5) is 8.78 Å². The van der Waals surface area contributed by atoms with Crippen LogP contribution in [0.2, 0.25) is 0 Å². The minimum absolute atomic E-state index is 0.0387. The molecule has 1 aromatic heterocycles. The second-order valence-electron chi connectivity index (χ2n) is 11.5. The van der Waals surface area contributed by atoms with Crippen LogP contribution in [0.15, 0.2) is 59.2 Å². The number of piperidine rings is 2. The van der Waals surface area contributed by atoms with Gasteiger partial charge in [0, 0.05) is 42.4 Å². The van der Waals surface area contributed by atoms with Crippen LogP contribution >= 0.6 is 0 Å². The van der Waals surface area contributed by atoms with E-state index in [0.29, 0.717) is 54.6 Å². The molecule has 0 saturated carbocycles. The van der Waals surface area contributed by atoms with E-state index >= 15 is 0 Å². The van der Waals surface area contributed by atoms with Crippen molar-refractivity contribution in [3.05, 3.63) is 88.4 Å². The number of fused-ring (bicyclic) bond motifs is 1. The lowest BCUT2D eigenvalue weighted by molar-refractivity contribution is -0.126. The van der Waals surface area contributed by atoms with E-state index < -0.39 is 12.0 Å². The number of allylic oxidation sites excluding steroid dienone is 1. The number of halogens is 2. The van der Waals surface area contributed by atoms with Gasteiger partial charge in [-0.05, 0) is 80.9 Å². The molecule has 214 valence electrons. The van der Waals surface area contributed by atoms with Crippen LogP contribution < -0.4 is 5.32 Å². The summed E-state index contributed by atoms with van der Waals surface area (Å²) < 4.78 is 33.0. The van der Waals surface area contributed by atoms with Gasteiger partial charge < -0.3 is 14.6 Å². The molecule has 1 atom stereocenters. The van der Waals surface area contributed by atoms with E-state index in [1.165, 1.54) is 17.7 Å². The molecular formula is C32H34F2N4O3. The zero-order chi connectivity index (χ0) is 28.9. The van der Waals surface area contributed by atoms with Crippen molar-refractivity contribution in [2.45, 2.75) is 70.5 Å². The minimum atomic E-state index is -2.89. The summed E-state index contributed by atoms with van der Waals surface area (Å²) in [7, 11) is 0. The topological polar surface area (TPSA) is 78.7 Å². The molecule has 7 nitrogen and oxygen atoms in total. The Labute approximate surface area is 238 Å². The van der Waals surface area contributed by atoms with Gasteiger partial charge in [-0.15, -0.1) is 0 Å². The van der Waals surface area contributed by atoms with Crippen molar-refractivity contribution in [3.63, 3.8) is 0 Å². The van der Waals surface area contributed by atoms with Crippen molar-refractivity contribution in [2.24, 2.45) is 0 Å². The highest BCUT2D eigenvalue weighted by Gasteiger charge is 2.38. The number of alkyl halides is 2. The van der Waals surface area contributed by atoms with Gasteiger partial charge in [-0.1, -0.05) is 30.8 Å². The number of oxazole rings is 1. The fraction of sp³-hybridized carbons (Fsp3) is 0.406. The van der Waals surface area contributed by atoms with Crippen molar-refractivity contribution in [1.82, 2.24) is 20.1 Å². The fourth-order valence-electron chi connectivity index (χ4n) is 6.17. The number of hydrogen-bond donors (Lipinski definition) is 1. The number of likely N-dealkylation sites (tertiary alicyclic amines) is 1. The number of carbonyl (C=O) groups is 2. The van der Waals surface area contributed by atoms with Gasteiger partial charge in [0.15, 0.2) is 0 Å². The summed E-state index contributed by atoms with van der Waals surface area (Å²) in [4.78, 5) is 34.3. The van der Waals surface area contributed by atoms with Crippen LogP contribution in [-0.4, -0.2) is 45.7 Å². The van der Waals surface area contributed by atoms with E-state index in [9.17, 15) is 18.4 Å². The summed E-state index contributed by atoms with van der Waals surface area (Å²) in [6, 6.07) is 11.8. The largest absolute Gasteiger partial charge is 0.441 e. The average Bonchev–Trinajstić information content (AvgIpc) is 3.47. The zero-order valence-corrected chi connectivity index (χ0v) is 23.4. The molecule has 0 spiro atoms. The van der Waals surface area contributed by atoms with Crippen molar-refractivity contribution in [2.75, 3.05) is 13.1 Å². The van der Waals surface area contributed by atoms with E-state index in [4.69, 9.17) is 4.42 Å². The van der Waals surface area contributed by atoms with Gasteiger partial charge in [-0.3, -0.25) is 14.5 Å². The molecule has 1 unspecified atom stereocenters. The summed E-state index contributed by atoms with van der Waals surface area (Å²) in [5, 5.41) is 2.79. The number of nitrogens with one attached hydrogen (secondary N) is 1. The molecule has 3 aromatic rings. The minimum Gasteiger partial charge on any atom is -0.441 e. The summed E-state index contributed by atoms with van der Waals surface area (Å²) in [6.07, 6.45) is 3.26. The first kappa shape index (κ1) is 27.3. The molecule has 41 heavy (non-hydrogen) atoms. The van der Waals surface area contributed by atoms with Crippen LogP contribution in [-0.2, 0) is 23.8 Å². The van der Waals surface area contributed by atoms with Gasteiger partial charge >= 0.3 is 0 Å². The standard InChI is InChI=1S/C32H34F2N4O3/c1-19-4-11-28(29(39)35-19)38-17-24-16-23(7-10-26(24)31(38)40)21-12-14-37(15-13-21)18-27-20(2)41-30(36-27)22-5-8-25(9-6-22)32(3,33)34/h5-10,16,21,28H,1,4,11-15,17-18H2,2-3H3,(H,35,39). The second kappa shape index (κ2) is 10.5. The molecule has 3 aliphatic rings. The molecular weight excluding hydrogens is 526 g/mol.